The first kappa shape index (κ1) is 25.3. The van der Waals surface area contributed by atoms with Crippen molar-refractivity contribution < 1.29 is 34.8 Å². The molecule has 3 heterocycles. The molecule has 0 radical (unpaired) electrons. The van der Waals surface area contributed by atoms with Gasteiger partial charge in [-0.25, -0.2) is 36.3 Å². The Bertz CT molecular complexity index is 1430. The second-order valence-corrected chi connectivity index (χ2v) is 11.4. The summed E-state index contributed by atoms with van der Waals surface area (Å²) in [4.78, 5) is 7.44. The van der Waals surface area contributed by atoms with Crippen molar-refractivity contribution in [3.63, 3.8) is 0 Å². The summed E-state index contributed by atoms with van der Waals surface area (Å²) in [7, 11) is -4.04. The van der Waals surface area contributed by atoms with Gasteiger partial charge in [0.25, 0.3) is 6.43 Å². The molecular weight excluding hydrogens is 534 g/mol. The average Bonchev–Trinajstić information content (AvgIpc) is 3.54. The smallest absolute Gasteiger partial charge is 0.329 e. The monoisotopic (exact) mass is 552 g/mol. The van der Waals surface area contributed by atoms with E-state index in [1.807, 2.05) is 4.72 Å². The van der Waals surface area contributed by atoms with Gasteiger partial charge in [0.2, 0.25) is 10.0 Å². The Morgan fingerprint density at radius 2 is 1.83 bits per heavy atom. The minimum atomic E-state index is -4.94. The van der Waals surface area contributed by atoms with Gasteiger partial charge in [-0.3, -0.25) is 0 Å². The summed E-state index contributed by atoms with van der Waals surface area (Å²) in [5.74, 6) is -1.22. The van der Waals surface area contributed by atoms with Crippen LogP contribution >= 0.6 is 11.6 Å². The van der Waals surface area contributed by atoms with Gasteiger partial charge < -0.3 is 4.57 Å². The lowest BCUT2D eigenvalue weighted by molar-refractivity contribution is -0.140. The second-order valence-electron chi connectivity index (χ2n) is 8.99. The lowest BCUT2D eigenvalue weighted by Gasteiger charge is -2.27. The molecule has 3 aromatic heterocycles. The van der Waals surface area contributed by atoms with Crippen molar-refractivity contribution in [1.82, 2.24) is 19.3 Å². The van der Waals surface area contributed by atoms with Crippen molar-refractivity contribution in [2.24, 2.45) is 0 Å². The summed E-state index contributed by atoms with van der Waals surface area (Å²) < 4.78 is 113. The summed E-state index contributed by atoms with van der Waals surface area (Å²) in [6, 6.07) is -0.489. The van der Waals surface area contributed by atoms with E-state index in [1.54, 1.807) is 0 Å². The van der Waals surface area contributed by atoms with Gasteiger partial charge in [-0.2, -0.15) is 13.2 Å². The lowest BCUT2D eigenvalue weighted by atomic mass is 9.93. The van der Waals surface area contributed by atoms with Crippen molar-refractivity contribution >= 4 is 32.7 Å². The highest BCUT2D eigenvalue weighted by molar-refractivity contribution is 7.90. The first-order chi connectivity index (χ1) is 16.9. The first-order valence-electron chi connectivity index (χ1n) is 11.1. The number of fused-ring (bicyclic) bond motifs is 1. The molecule has 0 saturated heterocycles. The predicted molar refractivity (Wildman–Crippen MR) is 120 cm³/mol. The highest BCUT2D eigenvalue weighted by atomic mass is 35.5. The van der Waals surface area contributed by atoms with E-state index in [-0.39, 0.29) is 27.7 Å². The summed E-state index contributed by atoms with van der Waals surface area (Å²) in [6.45, 7) is 0. The average molecular weight is 553 g/mol. The molecule has 5 rings (SSSR count). The van der Waals surface area contributed by atoms with E-state index in [0.29, 0.717) is 25.7 Å². The minimum absolute atomic E-state index is 0.0320. The number of alkyl halides is 5. The van der Waals surface area contributed by atoms with Gasteiger partial charge >= 0.3 is 6.18 Å². The Kier molecular flexibility index (Phi) is 6.23. The first-order valence-corrected chi connectivity index (χ1v) is 13.0. The third kappa shape index (κ3) is 4.56. The minimum Gasteiger partial charge on any atom is -0.329 e. The molecule has 0 unspecified atom stereocenters. The van der Waals surface area contributed by atoms with E-state index in [2.05, 4.69) is 9.97 Å². The molecule has 0 amide bonds. The summed E-state index contributed by atoms with van der Waals surface area (Å²) in [6.07, 6.45) is -3.21. The molecule has 2 fully saturated rings. The molecule has 0 aliphatic heterocycles. The van der Waals surface area contributed by atoms with Crippen LogP contribution in [0.5, 0.6) is 0 Å². The van der Waals surface area contributed by atoms with Crippen LogP contribution in [0.3, 0.4) is 0 Å². The molecule has 0 bridgehead atoms. The van der Waals surface area contributed by atoms with E-state index in [1.165, 1.54) is 10.8 Å². The van der Waals surface area contributed by atoms with E-state index >= 15 is 4.39 Å². The van der Waals surface area contributed by atoms with E-state index < -0.39 is 56.7 Å². The number of aromatic nitrogens is 3. The molecule has 2 aliphatic carbocycles. The van der Waals surface area contributed by atoms with Crippen molar-refractivity contribution in [3.8, 4) is 11.3 Å². The van der Waals surface area contributed by atoms with E-state index in [9.17, 15) is 30.4 Å². The zero-order valence-electron chi connectivity index (χ0n) is 18.4. The molecule has 14 heteroatoms. The number of pyridine rings is 2. The van der Waals surface area contributed by atoms with Crippen LogP contribution < -0.4 is 4.72 Å². The van der Waals surface area contributed by atoms with Crippen molar-refractivity contribution in [2.45, 2.75) is 62.0 Å². The fraction of sp³-hybridized carbons (Fsp3) is 0.455. The summed E-state index contributed by atoms with van der Waals surface area (Å²) in [5, 5.41) is -1.06. The lowest BCUT2D eigenvalue weighted by Crippen LogP contribution is -2.35. The quantitative estimate of drug-likeness (QED) is 0.364. The van der Waals surface area contributed by atoms with Crippen LogP contribution in [0.4, 0.5) is 26.3 Å². The Hall–Kier alpha value is -2.38. The fourth-order valence-corrected chi connectivity index (χ4v) is 5.99. The molecular formula is C22H19ClF6N4O2S. The molecule has 0 spiro atoms. The van der Waals surface area contributed by atoms with Crippen molar-refractivity contribution in [2.75, 3.05) is 0 Å². The zero-order valence-corrected chi connectivity index (χ0v) is 19.9. The van der Waals surface area contributed by atoms with Crippen molar-refractivity contribution in [3.05, 3.63) is 46.6 Å². The number of sulfonamides is 1. The SMILES string of the molecule is O=S(=O)(N[C@@H](c1cn(C2CCC2)c2nc(-c3cc(Cl)cnc3C(F)(F)F)c(F)cc12)C(F)F)C1CC1. The van der Waals surface area contributed by atoms with Crippen LogP contribution in [0, 0.1) is 5.82 Å². The molecule has 2 aliphatic rings. The van der Waals surface area contributed by atoms with Crippen molar-refractivity contribution in [1.29, 1.82) is 0 Å². The zero-order chi connectivity index (χ0) is 26.0. The largest absolute Gasteiger partial charge is 0.434 e. The summed E-state index contributed by atoms with van der Waals surface area (Å²) in [5.41, 5.74) is -3.02. The molecule has 194 valence electrons. The number of halogens is 7. The molecule has 3 aromatic rings. The molecule has 1 atom stereocenters. The highest BCUT2D eigenvalue weighted by Crippen LogP contribution is 2.42. The van der Waals surface area contributed by atoms with Gasteiger partial charge in [0.15, 0.2) is 5.69 Å². The predicted octanol–water partition coefficient (Wildman–Crippen LogP) is 6.02. The van der Waals surface area contributed by atoms with Crippen LogP contribution in [0.25, 0.3) is 22.3 Å². The normalized spacial score (nSPS) is 18.1. The van der Waals surface area contributed by atoms with Crippen LogP contribution in [0.2, 0.25) is 5.02 Å². The standard InChI is InChI=1S/C22H19ClF6N4O2S/c23-10-6-14(19(30-8-10)22(27,28)29)17-16(24)7-13-15(9-33(21(13)31-17)11-2-1-3-11)18(20(25)26)32-36(34,35)12-4-5-12/h6-9,11-12,18,20,32H,1-5H2/t18-/m0/s1. The number of hydrogen-bond acceptors (Lipinski definition) is 4. The number of hydrogen-bond donors (Lipinski definition) is 1. The van der Waals surface area contributed by atoms with Crippen LogP contribution in [-0.4, -0.2) is 34.6 Å². The molecule has 2 saturated carbocycles. The Labute approximate surface area is 206 Å². The molecule has 0 aromatic carbocycles. The van der Waals surface area contributed by atoms with Gasteiger partial charge in [-0.05, 0) is 44.2 Å². The van der Waals surface area contributed by atoms with Gasteiger partial charge in [0.05, 0.1) is 10.3 Å². The maximum absolute atomic E-state index is 15.3. The van der Waals surface area contributed by atoms with Gasteiger partial charge in [-0.15, -0.1) is 0 Å². The molecule has 1 N–H and O–H groups in total. The van der Waals surface area contributed by atoms with Crippen LogP contribution in [0.15, 0.2) is 24.5 Å². The summed E-state index contributed by atoms with van der Waals surface area (Å²) >= 11 is 5.84. The maximum atomic E-state index is 15.3. The molecule has 6 nitrogen and oxygen atoms in total. The Morgan fingerprint density at radius 1 is 1.14 bits per heavy atom. The second kappa shape index (κ2) is 8.88. The highest BCUT2D eigenvalue weighted by Gasteiger charge is 2.41. The fourth-order valence-electron chi connectivity index (χ4n) is 4.30. The van der Waals surface area contributed by atoms with Gasteiger partial charge in [-0.1, -0.05) is 11.6 Å². The maximum Gasteiger partial charge on any atom is 0.434 e. The third-order valence-electron chi connectivity index (χ3n) is 6.48. The number of nitrogens with one attached hydrogen (secondary N) is 1. The Morgan fingerprint density at radius 3 is 2.39 bits per heavy atom. The topological polar surface area (TPSA) is 76.9 Å². The third-order valence-corrected chi connectivity index (χ3v) is 8.62. The Balaban J connectivity index is 1.71. The van der Waals surface area contributed by atoms with Gasteiger partial charge in [0, 0.05) is 34.9 Å². The van der Waals surface area contributed by atoms with Crippen LogP contribution in [0.1, 0.15) is 55.4 Å². The number of nitrogens with zero attached hydrogens (tertiary/aromatic N) is 3. The number of rotatable bonds is 7. The molecule has 36 heavy (non-hydrogen) atoms. The van der Waals surface area contributed by atoms with Crippen LogP contribution in [-0.2, 0) is 16.2 Å². The van der Waals surface area contributed by atoms with Gasteiger partial charge in [0.1, 0.15) is 23.2 Å². The van der Waals surface area contributed by atoms with E-state index in [0.717, 1.165) is 24.8 Å². The van der Waals surface area contributed by atoms with E-state index in [4.69, 9.17) is 11.6 Å².